The lowest BCUT2D eigenvalue weighted by Gasteiger charge is -2.19. The van der Waals surface area contributed by atoms with Crippen LogP contribution in [0.1, 0.15) is 33.6 Å². The van der Waals surface area contributed by atoms with Gasteiger partial charge < -0.3 is 16.4 Å². The molecule has 92 valence electrons. The second-order valence-corrected chi connectivity index (χ2v) is 4.66. The van der Waals surface area contributed by atoms with Crippen LogP contribution in [0.4, 0.5) is 0 Å². The molecule has 0 spiro atoms. The maximum atomic E-state index is 11.6. The van der Waals surface area contributed by atoms with Crippen molar-refractivity contribution in [3.8, 4) is 0 Å². The first-order valence-corrected chi connectivity index (χ1v) is 5.78. The molecule has 1 aliphatic carbocycles. The van der Waals surface area contributed by atoms with Crippen molar-refractivity contribution in [2.75, 3.05) is 0 Å². The van der Waals surface area contributed by atoms with Crippen molar-refractivity contribution in [2.24, 2.45) is 11.7 Å². The third-order valence-corrected chi connectivity index (χ3v) is 2.88. The molecule has 5 nitrogen and oxygen atoms in total. The van der Waals surface area contributed by atoms with Gasteiger partial charge in [-0.2, -0.15) is 0 Å². The maximum Gasteiger partial charge on any atom is 0.242 e. The van der Waals surface area contributed by atoms with Crippen molar-refractivity contribution < 1.29 is 9.59 Å². The number of nitrogens with two attached hydrogens (primary N) is 1. The van der Waals surface area contributed by atoms with E-state index < -0.39 is 6.04 Å². The van der Waals surface area contributed by atoms with Gasteiger partial charge in [0.05, 0.1) is 0 Å². The molecule has 1 fully saturated rings. The molecule has 3 unspecified atom stereocenters. The van der Waals surface area contributed by atoms with Gasteiger partial charge in [0.1, 0.15) is 6.04 Å². The maximum absolute atomic E-state index is 11.6. The van der Waals surface area contributed by atoms with Crippen LogP contribution < -0.4 is 16.4 Å². The fourth-order valence-corrected chi connectivity index (χ4v) is 1.20. The largest absolute Gasteiger partial charge is 0.352 e. The van der Waals surface area contributed by atoms with Gasteiger partial charge in [0.15, 0.2) is 0 Å². The fraction of sp³-hybridized carbons (Fsp3) is 0.818. The Kier molecular flexibility index (Phi) is 4.29. The molecule has 3 atom stereocenters. The van der Waals surface area contributed by atoms with E-state index in [1.54, 1.807) is 20.8 Å². The Morgan fingerprint density at radius 1 is 1.19 bits per heavy atom. The molecule has 5 heteroatoms. The molecule has 1 saturated carbocycles. The van der Waals surface area contributed by atoms with Gasteiger partial charge in [0, 0.05) is 18.0 Å². The Morgan fingerprint density at radius 3 is 2.19 bits per heavy atom. The van der Waals surface area contributed by atoms with Crippen molar-refractivity contribution >= 4 is 11.8 Å². The van der Waals surface area contributed by atoms with Crippen molar-refractivity contribution in [3.05, 3.63) is 0 Å². The number of hydrogen-bond donors (Lipinski definition) is 3. The molecule has 0 aromatic carbocycles. The highest BCUT2D eigenvalue weighted by Crippen LogP contribution is 2.18. The molecule has 0 aromatic heterocycles. The van der Waals surface area contributed by atoms with E-state index in [9.17, 15) is 9.59 Å². The van der Waals surface area contributed by atoms with Gasteiger partial charge in [-0.1, -0.05) is 6.92 Å². The predicted molar refractivity (Wildman–Crippen MR) is 61.6 cm³/mol. The summed E-state index contributed by atoms with van der Waals surface area (Å²) in [6.07, 6.45) is 2.09. The highest BCUT2D eigenvalue weighted by atomic mass is 16.2. The monoisotopic (exact) mass is 227 g/mol. The van der Waals surface area contributed by atoms with E-state index >= 15 is 0 Å². The zero-order valence-electron chi connectivity index (χ0n) is 10.1. The molecule has 1 rings (SSSR count). The summed E-state index contributed by atoms with van der Waals surface area (Å²) in [5.74, 6) is -0.572. The molecule has 2 amide bonds. The highest BCUT2D eigenvalue weighted by molar-refractivity contribution is 5.88. The van der Waals surface area contributed by atoms with Crippen LogP contribution in [-0.4, -0.2) is 29.9 Å². The Labute approximate surface area is 96.1 Å². The molecule has 16 heavy (non-hydrogen) atoms. The minimum absolute atomic E-state index is 0.118. The van der Waals surface area contributed by atoms with Crippen molar-refractivity contribution in [1.29, 1.82) is 0 Å². The molecule has 0 aliphatic heterocycles. The lowest BCUT2D eigenvalue weighted by Crippen LogP contribution is -2.49. The van der Waals surface area contributed by atoms with Crippen LogP contribution >= 0.6 is 0 Å². The molecule has 0 heterocycles. The highest BCUT2D eigenvalue weighted by Gasteiger charge is 2.27. The number of rotatable bonds is 5. The van der Waals surface area contributed by atoms with Crippen LogP contribution in [0.5, 0.6) is 0 Å². The second kappa shape index (κ2) is 5.30. The Hall–Kier alpha value is -1.10. The third-order valence-electron chi connectivity index (χ3n) is 2.88. The van der Waals surface area contributed by atoms with Crippen molar-refractivity contribution in [1.82, 2.24) is 10.6 Å². The minimum Gasteiger partial charge on any atom is -0.352 e. The van der Waals surface area contributed by atoms with Gasteiger partial charge >= 0.3 is 0 Å². The van der Waals surface area contributed by atoms with Crippen LogP contribution in [0.3, 0.4) is 0 Å². The molecule has 0 saturated heterocycles. The van der Waals surface area contributed by atoms with E-state index in [4.69, 9.17) is 5.73 Å². The normalized spacial score (nSPS) is 20.8. The summed E-state index contributed by atoms with van der Waals surface area (Å²) >= 11 is 0. The Bertz CT molecular complexity index is 274. The first kappa shape index (κ1) is 13.0. The molecule has 4 N–H and O–H groups in total. The number of amides is 2. The molecule has 0 aromatic rings. The Morgan fingerprint density at radius 2 is 1.75 bits per heavy atom. The molecular weight excluding hydrogens is 206 g/mol. The fourth-order valence-electron chi connectivity index (χ4n) is 1.20. The summed E-state index contributed by atoms with van der Waals surface area (Å²) in [6.45, 7) is 5.22. The standard InChI is InChI=1S/C11H21N3O2/c1-6(7(2)12)10(15)13-8(3)11(16)14-9-4-5-9/h6-9H,4-5,12H2,1-3H3,(H,13,15)(H,14,16). The van der Waals surface area contributed by atoms with Crippen molar-refractivity contribution in [3.63, 3.8) is 0 Å². The lowest BCUT2D eigenvalue weighted by atomic mass is 10.0. The average Bonchev–Trinajstić information content (AvgIpc) is 2.99. The smallest absolute Gasteiger partial charge is 0.242 e. The van der Waals surface area contributed by atoms with Gasteiger partial charge in [0.2, 0.25) is 11.8 Å². The number of carbonyl (C=O) groups is 2. The number of hydrogen-bond acceptors (Lipinski definition) is 3. The van der Waals surface area contributed by atoms with Crippen LogP contribution in [-0.2, 0) is 9.59 Å². The van der Waals surface area contributed by atoms with E-state index in [2.05, 4.69) is 10.6 Å². The SMILES string of the molecule is CC(NC(=O)C(C)C(C)N)C(=O)NC1CC1. The third kappa shape index (κ3) is 3.81. The van der Waals surface area contributed by atoms with Crippen LogP contribution in [0.25, 0.3) is 0 Å². The van der Waals surface area contributed by atoms with Crippen LogP contribution in [0.15, 0.2) is 0 Å². The quantitative estimate of drug-likeness (QED) is 0.605. The summed E-state index contributed by atoms with van der Waals surface area (Å²) in [5.41, 5.74) is 5.62. The summed E-state index contributed by atoms with van der Waals surface area (Å²) in [4.78, 5) is 23.2. The molecular formula is C11H21N3O2. The van der Waals surface area contributed by atoms with Crippen LogP contribution in [0.2, 0.25) is 0 Å². The van der Waals surface area contributed by atoms with E-state index in [1.807, 2.05) is 0 Å². The van der Waals surface area contributed by atoms with Gasteiger partial charge in [-0.25, -0.2) is 0 Å². The predicted octanol–water partition coefficient (Wildman–Crippen LogP) is -0.247. The summed E-state index contributed by atoms with van der Waals surface area (Å²) in [6, 6.07) is -0.384. The van der Waals surface area contributed by atoms with Crippen molar-refractivity contribution in [2.45, 2.75) is 51.7 Å². The zero-order valence-corrected chi connectivity index (χ0v) is 10.1. The number of carbonyl (C=O) groups excluding carboxylic acids is 2. The van der Waals surface area contributed by atoms with E-state index in [0.29, 0.717) is 6.04 Å². The second-order valence-electron chi connectivity index (χ2n) is 4.66. The van der Waals surface area contributed by atoms with E-state index in [-0.39, 0.29) is 23.8 Å². The van der Waals surface area contributed by atoms with Gasteiger partial charge in [-0.3, -0.25) is 9.59 Å². The van der Waals surface area contributed by atoms with Gasteiger partial charge in [-0.15, -0.1) is 0 Å². The first-order chi connectivity index (χ1) is 7.41. The lowest BCUT2D eigenvalue weighted by molar-refractivity contribution is -0.130. The zero-order chi connectivity index (χ0) is 12.3. The molecule has 0 bridgehead atoms. The van der Waals surface area contributed by atoms with E-state index in [1.165, 1.54) is 0 Å². The number of nitrogens with one attached hydrogen (secondary N) is 2. The van der Waals surface area contributed by atoms with E-state index in [0.717, 1.165) is 12.8 Å². The minimum atomic E-state index is -0.491. The summed E-state index contributed by atoms with van der Waals surface area (Å²) in [5, 5.41) is 5.51. The summed E-state index contributed by atoms with van der Waals surface area (Å²) in [7, 11) is 0. The van der Waals surface area contributed by atoms with Gasteiger partial charge in [-0.05, 0) is 26.7 Å². The molecule has 0 radical (unpaired) electrons. The Balaban J connectivity index is 2.34. The average molecular weight is 227 g/mol. The molecule has 1 aliphatic rings. The first-order valence-electron chi connectivity index (χ1n) is 5.78. The summed E-state index contributed by atoms with van der Waals surface area (Å²) < 4.78 is 0. The van der Waals surface area contributed by atoms with Gasteiger partial charge in [0.25, 0.3) is 0 Å². The topological polar surface area (TPSA) is 84.2 Å². The van der Waals surface area contributed by atoms with Crippen LogP contribution in [0, 0.1) is 5.92 Å².